The van der Waals surface area contributed by atoms with Crippen LogP contribution < -0.4 is 10.1 Å². The molecule has 0 atom stereocenters. The number of hydrogen-bond donors (Lipinski definition) is 1. The van der Waals surface area contributed by atoms with Crippen LogP contribution in [0.3, 0.4) is 0 Å². The fourth-order valence-corrected chi connectivity index (χ4v) is 2.59. The molecule has 5 heteroatoms. The molecule has 0 fully saturated rings. The zero-order valence-electron chi connectivity index (χ0n) is 14.3. The minimum Gasteiger partial charge on any atom is -0.496 e. The third-order valence-corrected chi connectivity index (χ3v) is 4.03. The van der Waals surface area contributed by atoms with E-state index in [2.05, 4.69) is 24.2 Å². The number of halogens is 1. The SMILES string of the molecule is COc1ccc(C(C)C)cc1/C=C1\N=C(c2ccc(F)cc2)NC1=O. The van der Waals surface area contributed by atoms with E-state index in [0.717, 1.165) is 11.1 Å². The maximum absolute atomic E-state index is 13.0. The number of aliphatic imine (C=N–C) groups is 1. The van der Waals surface area contributed by atoms with Crippen LogP contribution in [0.4, 0.5) is 4.39 Å². The Morgan fingerprint density at radius 1 is 1.16 bits per heavy atom. The molecule has 0 spiro atoms. The Morgan fingerprint density at radius 3 is 2.52 bits per heavy atom. The van der Waals surface area contributed by atoms with E-state index in [1.54, 1.807) is 25.3 Å². The van der Waals surface area contributed by atoms with Gasteiger partial charge >= 0.3 is 0 Å². The Morgan fingerprint density at radius 2 is 1.88 bits per heavy atom. The fraction of sp³-hybridized carbons (Fsp3) is 0.200. The zero-order valence-corrected chi connectivity index (χ0v) is 14.3. The largest absolute Gasteiger partial charge is 0.496 e. The van der Waals surface area contributed by atoms with Gasteiger partial charge in [-0.1, -0.05) is 19.9 Å². The van der Waals surface area contributed by atoms with Crippen molar-refractivity contribution < 1.29 is 13.9 Å². The second kappa shape index (κ2) is 6.89. The van der Waals surface area contributed by atoms with Crippen LogP contribution in [0.5, 0.6) is 5.75 Å². The van der Waals surface area contributed by atoms with Crippen molar-refractivity contribution in [3.05, 3.63) is 70.7 Å². The third kappa shape index (κ3) is 3.60. The van der Waals surface area contributed by atoms with E-state index in [0.29, 0.717) is 28.8 Å². The van der Waals surface area contributed by atoms with Crippen molar-refractivity contribution in [3.63, 3.8) is 0 Å². The Labute approximate surface area is 146 Å². The van der Waals surface area contributed by atoms with E-state index >= 15 is 0 Å². The molecule has 128 valence electrons. The molecule has 1 aliphatic heterocycles. The quantitative estimate of drug-likeness (QED) is 0.860. The van der Waals surface area contributed by atoms with Gasteiger partial charge in [0.25, 0.3) is 5.91 Å². The molecule has 0 bridgehead atoms. The summed E-state index contributed by atoms with van der Waals surface area (Å²) in [6.07, 6.45) is 1.70. The number of amides is 1. The van der Waals surface area contributed by atoms with Gasteiger partial charge in [-0.15, -0.1) is 0 Å². The Balaban J connectivity index is 1.99. The van der Waals surface area contributed by atoms with E-state index in [1.165, 1.54) is 12.1 Å². The van der Waals surface area contributed by atoms with Gasteiger partial charge in [0.1, 0.15) is 23.1 Å². The minimum atomic E-state index is -0.334. The van der Waals surface area contributed by atoms with Crippen molar-refractivity contribution in [3.8, 4) is 5.75 Å². The molecule has 3 rings (SSSR count). The molecule has 4 nitrogen and oxygen atoms in total. The van der Waals surface area contributed by atoms with Crippen LogP contribution in [0, 0.1) is 5.82 Å². The van der Waals surface area contributed by atoms with Crippen LogP contribution in [-0.2, 0) is 4.79 Å². The molecule has 1 N–H and O–H groups in total. The maximum Gasteiger partial charge on any atom is 0.275 e. The number of carbonyl (C=O) groups excluding carboxylic acids is 1. The highest BCUT2D eigenvalue weighted by Gasteiger charge is 2.21. The molecule has 1 amide bonds. The second-order valence-corrected chi connectivity index (χ2v) is 6.11. The predicted molar refractivity (Wildman–Crippen MR) is 96.1 cm³/mol. The fourth-order valence-electron chi connectivity index (χ4n) is 2.59. The van der Waals surface area contributed by atoms with Gasteiger partial charge in [0, 0.05) is 11.1 Å². The number of methoxy groups -OCH3 is 1. The summed E-state index contributed by atoms with van der Waals surface area (Å²) in [5.41, 5.74) is 2.89. The van der Waals surface area contributed by atoms with Crippen molar-refractivity contribution >= 4 is 17.8 Å². The lowest BCUT2D eigenvalue weighted by Gasteiger charge is -2.10. The lowest BCUT2D eigenvalue weighted by Crippen LogP contribution is -2.24. The predicted octanol–water partition coefficient (Wildman–Crippen LogP) is 3.88. The first-order valence-electron chi connectivity index (χ1n) is 8.03. The smallest absolute Gasteiger partial charge is 0.275 e. The van der Waals surface area contributed by atoms with Gasteiger partial charge in [0.15, 0.2) is 0 Å². The summed E-state index contributed by atoms with van der Waals surface area (Å²) in [5.74, 6) is 0.820. The van der Waals surface area contributed by atoms with Crippen molar-refractivity contribution in [1.82, 2.24) is 5.32 Å². The highest BCUT2D eigenvalue weighted by molar-refractivity contribution is 6.19. The number of rotatable bonds is 4. The summed E-state index contributed by atoms with van der Waals surface area (Å²) in [6, 6.07) is 11.7. The van der Waals surface area contributed by atoms with Crippen LogP contribution >= 0.6 is 0 Å². The topological polar surface area (TPSA) is 50.7 Å². The summed E-state index contributed by atoms with van der Waals surface area (Å²) < 4.78 is 18.4. The van der Waals surface area contributed by atoms with Crippen molar-refractivity contribution in [2.75, 3.05) is 7.11 Å². The highest BCUT2D eigenvalue weighted by atomic mass is 19.1. The monoisotopic (exact) mass is 338 g/mol. The van der Waals surface area contributed by atoms with Gasteiger partial charge in [-0.2, -0.15) is 0 Å². The Hall–Kier alpha value is -2.95. The molecule has 25 heavy (non-hydrogen) atoms. The molecule has 0 aromatic heterocycles. The summed E-state index contributed by atoms with van der Waals surface area (Å²) in [5, 5.41) is 2.71. The molecule has 2 aromatic rings. The normalized spacial score (nSPS) is 15.5. The van der Waals surface area contributed by atoms with Gasteiger partial charge in [-0.05, 0) is 54.0 Å². The summed E-state index contributed by atoms with van der Waals surface area (Å²) in [6.45, 7) is 4.21. The summed E-state index contributed by atoms with van der Waals surface area (Å²) in [4.78, 5) is 16.6. The van der Waals surface area contributed by atoms with Crippen LogP contribution in [-0.4, -0.2) is 18.9 Å². The second-order valence-electron chi connectivity index (χ2n) is 6.11. The number of benzene rings is 2. The summed E-state index contributed by atoms with van der Waals surface area (Å²) >= 11 is 0. The molecular weight excluding hydrogens is 319 g/mol. The van der Waals surface area contributed by atoms with E-state index in [-0.39, 0.29) is 11.7 Å². The molecule has 0 unspecified atom stereocenters. The van der Waals surface area contributed by atoms with E-state index in [4.69, 9.17) is 4.74 Å². The average Bonchev–Trinajstić information content (AvgIpc) is 2.96. The molecule has 0 aliphatic carbocycles. The van der Waals surface area contributed by atoms with Gasteiger partial charge in [-0.3, -0.25) is 4.79 Å². The Kier molecular flexibility index (Phi) is 4.65. The van der Waals surface area contributed by atoms with Crippen LogP contribution in [0.15, 0.2) is 53.2 Å². The number of ether oxygens (including phenoxy) is 1. The van der Waals surface area contributed by atoms with Crippen molar-refractivity contribution in [2.45, 2.75) is 19.8 Å². The zero-order chi connectivity index (χ0) is 18.0. The molecule has 1 heterocycles. The van der Waals surface area contributed by atoms with Crippen LogP contribution in [0.2, 0.25) is 0 Å². The summed E-state index contributed by atoms with van der Waals surface area (Å²) in [7, 11) is 1.59. The Bertz CT molecular complexity index is 868. The number of carbonyl (C=O) groups is 1. The van der Waals surface area contributed by atoms with E-state index < -0.39 is 0 Å². The van der Waals surface area contributed by atoms with Crippen molar-refractivity contribution in [2.24, 2.45) is 4.99 Å². The maximum atomic E-state index is 13.0. The first kappa shape index (κ1) is 16.9. The van der Waals surface area contributed by atoms with Gasteiger partial charge in [0.05, 0.1) is 7.11 Å². The van der Waals surface area contributed by atoms with Gasteiger partial charge in [-0.25, -0.2) is 9.38 Å². The molecule has 0 saturated heterocycles. The molecule has 1 aliphatic rings. The standard InChI is InChI=1S/C20H19FN2O2/c1-12(2)14-6-9-18(25-3)15(10-14)11-17-20(24)23-19(22-17)13-4-7-16(21)8-5-13/h4-12H,1-3H3,(H,22,23,24)/b17-11-. The van der Waals surface area contributed by atoms with Gasteiger partial charge < -0.3 is 10.1 Å². The van der Waals surface area contributed by atoms with Crippen LogP contribution in [0.25, 0.3) is 6.08 Å². The third-order valence-electron chi connectivity index (χ3n) is 4.03. The molecular formula is C20H19FN2O2. The van der Waals surface area contributed by atoms with Gasteiger partial charge in [0.2, 0.25) is 0 Å². The first-order valence-corrected chi connectivity index (χ1v) is 8.03. The number of nitrogens with one attached hydrogen (secondary N) is 1. The molecule has 2 aromatic carbocycles. The average molecular weight is 338 g/mol. The molecule has 0 saturated carbocycles. The van der Waals surface area contributed by atoms with Crippen molar-refractivity contribution in [1.29, 1.82) is 0 Å². The minimum absolute atomic E-state index is 0.290. The lowest BCUT2D eigenvalue weighted by atomic mass is 10.00. The molecule has 0 radical (unpaired) electrons. The van der Waals surface area contributed by atoms with E-state index in [1.807, 2.05) is 18.2 Å². The first-order chi connectivity index (χ1) is 12.0. The van der Waals surface area contributed by atoms with Crippen LogP contribution in [0.1, 0.15) is 36.5 Å². The van der Waals surface area contributed by atoms with E-state index in [9.17, 15) is 9.18 Å². The highest BCUT2D eigenvalue weighted by Crippen LogP contribution is 2.27. The number of amidine groups is 1. The number of nitrogens with zero attached hydrogens (tertiary/aromatic N) is 1. The lowest BCUT2D eigenvalue weighted by molar-refractivity contribution is -0.115. The number of hydrogen-bond acceptors (Lipinski definition) is 3.